The Morgan fingerprint density at radius 2 is 1.76 bits per heavy atom. The second-order valence-corrected chi connectivity index (χ2v) is 8.24. The van der Waals surface area contributed by atoms with E-state index in [0.29, 0.717) is 26.2 Å². The predicted molar refractivity (Wildman–Crippen MR) is 98.5 cm³/mol. The largest absolute Gasteiger partial charge is 0.368 e. The molecule has 0 spiro atoms. The second-order valence-electron chi connectivity index (χ2n) is 5.93. The van der Waals surface area contributed by atoms with Crippen molar-refractivity contribution in [3.63, 3.8) is 0 Å². The standard InChI is InChI=1S/C17H17ClN4O2S/c18-14-4-1-2-7-17(14)25(23,24)22-10-8-21(9-11-22)16-6-3-5-15-13(16)12-19-20-15/h1-7,12H,8-11H2,(H,19,20). The van der Waals surface area contributed by atoms with E-state index in [1.165, 1.54) is 4.31 Å². The van der Waals surface area contributed by atoms with Crippen LogP contribution in [0, 0.1) is 0 Å². The number of piperazine rings is 1. The summed E-state index contributed by atoms with van der Waals surface area (Å²) >= 11 is 6.08. The lowest BCUT2D eigenvalue weighted by Gasteiger charge is -2.35. The monoisotopic (exact) mass is 376 g/mol. The summed E-state index contributed by atoms with van der Waals surface area (Å²) in [7, 11) is -3.57. The highest BCUT2D eigenvalue weighted by atomic mass is 35.5. The van der Waals surface area contributed by atoms with Crippen LogP contribution in [0.5, 0.6) is 0 Å². The normalized spacial score (nSPS) is 16.4. The van der Waals surface area contributed by atoms with Gasteiger partial charge < -0.3 is 4.90 Å². The quantitative estimate of drug-likeness (QED) is 0.763. The van der Waals surface area contributed by atoms with Crippen LogP contribution in [0.3, 0.4) is 0 Å². The summed E-state index contributed by atoms with van der Waals surface area (Å²) < 4.78 is 27.2. The number of nitrogens with zero attached hydrogens (tertiary/aromatic N) is 3. The van der Waals surface area contributed by atoms with Crippen molar-refractivity contribution in [2.24, 2.45) is 0 Å². The number of anilines is 1. The minimum atomic E-state index is -3.57. The number of aromatic nitrogens is 2. The Morgan fingerprint density at radius 1 is 1.00 bits per heavy atom. The molecule has 1 saturated heterocycles. The Hall–Kier alpha value is -2.09. The van der Waals surface area contributed by atoms with Gasteiger partial charge in [-0.25, -0.2) is 8.42 Å². The Balaban J connectivity index is 1.56. The third-order valence-electron chi connectivity index (χ3n) is 4.50. The first-order valence-electron chi connectivity index (χ1n) is 7.99. The fourth-order valence-electron chi connectivity index (χ4n) is 3.19. The molecule has 1 aromatic heterocycles. The molecular formula is C17H17ClN4O2S. The van der Waals surface area contributed by atoms with Crippen molar-refractivity contribution in [3.05, 3.63) is 53.7 Å². The Labute approximate surface area is 151 Å². The molecule has 25 heavy (non-hydrogen) atoms. The summed E-state index contributed by atoms with van der Waals surface area (Å²) in [6.07, 6.45) is 1.80. The molecule has 1 aliphatic heterocycles. The van der Waals surface area contributed by atoms with Crippen LogP contribution in [0.25, 0.3) is 10.9 Å². The second kappa shape index (κ2) is 6.33. The van der Waals surface area contributed by atoms with Gasteiger partial charge in [-0.05, 0) is 24.3 Å². The number of sulfonamides is 1. The van der Waals surface area contributed by atoms with Gasteiger partial charge in [0.15, 0.2) is 0 Å². The molecule has 0 amide bonds. The summed E-state index contributed by atoms with van der Waals surface area (Å²) in [6.45, 7) is 2.07. The molecular weight excluding hydrogens is 360 g/mol. The highest BCUT2D eigenvalue weighted by Gasteiger charge is 2.30. The first-order chi connectivity index (χ1) is 12.1. The van der Waals surface area contributed by atoms with Crippen LogP contribution in [0.1, 0.15) is 0 Å². The van der Waals surface area contributed by atoms with Crippen LogP contribution in [0.2, 0.25) is 5.02 Å². The maximum Gasteiger partial charge on any atom is 0.244 e. The summed E-state index contributed by atoms with van der Waals surface area (Å²) in [5.41, 5.74) is 2.05. The summed E-state index contributed by atoms with van der Waals surface area (Å²) in [5.74, 6) is 0. The van der Waals surface area contributed by atoms with E-state index in [1.54, 1.807) is 30.5 Å². The van der Waals surface area contributed by atoms with Crippen LogP contribution < -0.4 is 4.90 Å². The van der Waals surface area contributed by atoms with Gasteiger partial charge in [-0.3, -0.25) is 5.10 Å². The highest BCUT2D eigenvalue weighted by molar-refractivity contribution is 7.89. The molecule has 0 atom stereocenters. The van der Waals surface area contributed by atoms with Gasteiger partial charge in [0.2, 0.25) is 10.0 Å². The summed E-state index contributed by atoms with van der Waals surface area (Å²) in [6, 6.07) is 12.6. The fourth-order valence-corrected chi connectivity index (χ4v) is 5.11. The predicted octanol–water partition coefficient (Wildman–Crippen LogP) is 2.73. The zero-order valence-corrected chi connectivity index (χ0v) is 15.0. The minimum Gasteiger partial charge on any atom is -0.368 e. The maximum absolute atomic E-state index is 12.8. The summed E-state index contributed by atoms with van der Waals surface area (Å²) in [4.78, 5) is 2.36. The molecule has 0 radical (unpaired) electrons. The Morgan fingerprint density at radius 3 is 2.52 bits per heavy atom. The van der Waals surface area contributed by atoms with E-state index in [-0.39, 0.29) is 9.92 Å². The fraction of sp³-hybridized carbons (Fsp3) is 0.235. The van der Waals surface area contributed by atoms with Gasteiger partial charge in [0.1, 0.15) is 4.90 Å². The first kappa shape index (κ1) is 16.4. The number of nitrogens with one attached hydrogen (secondary N) is 1. The topological polar surface area (TPSA) is 69.3 Å². The number of hydrogen-bond donors (Lipinski definition) is 1. The van der Waals surface area contributed by atoms with Gasteiger partial charge in [-0.2, -0.15) is 9.40 Å². The molecule has 6 nitrogen and oxygen atoms in total. The van der Waals surface area contributed by atoms with Crippen LogP contribution in [-0.4, -0.2) is 49.1 Å². The van der Waals surface area contributed by atoms with Gasteiger partial charge in [-0.1, -0.05) is 29.8 Å². The van der Waals surface area contributed by atoms with Gasteiger partial charge in [0, 0.05) is 37.3 Å². The molecule has 2 aromatic carbocycles. The van der Waals surface area contributed by atoms with Crippen molar-refractivity contribution in [2.75, 3.05) is 31.1 Å². The van der Waals surface area contributed by atoms with E-state index in [1.807, 2.05) is 18.2 Å². The molecule has 1 N–H and O–H groups in total. The molecule has 3 aromatic rings. The van der Waals surface area contributed by atoms with Crippen molar-refractivity contribution in [2.45, 2.75) is 4.90 Å². The molecule has 0 bridgehead atoms. The number of aromatic amines is 1. The zero-order chi connectivity index (χ0) is 17.4. The van der Waals surface area contributed by atoms with E-state index in [4.69, 9.17) is 11.6 Å². The van der Waals surface area contributed by atoms with E-state index < -0.39 is 10.0 Å². The molecule has 8 heteroatoms. The van der Waals surface area contributed by atoms with Crippen molar-refractivity contribution in [3.8, 4) is 0 Å². The number of fused-ring (bicyclic) bond motifs is 1. The van der Waals surface area contributed by atoms with E-state index in [9.17, 15) is 8.42 Å². The van der Waals surface area contributed by atoms with Crippen LogP contribution in [0.4, 0.5) is 5.69 Å². The number of benzene rings is 2. The number of halogens is 1. The summed E-state index contributed by atoms with van der Waals surface area (Å²) in [5, 5.41) is 8.35. The molecule has 4 rings (SSSR count). The van der Waals surface area contributed by atoms with Gasteiger partial charge in [-0.15, -0.1) is 0 Å². The van der Waals surface area contributed by atoms with E-state index in [2.05, 4.69) is 15.1 Å². The van der Waals surface area contributed by atoms with Crippen molar-refractivity contribution in [1.29, 1.82) is 0 Å². The van der Waals surface area contributed by atoms with Crippen molar-refractivity contribution in [1.82, 2.24) is 14.5 Å². The van der Waals surface area contributed by atoms with E-state index in [0.717, 1.165) is 16.6 Å². The van der Waals surface area contributed by atoms with Crippen molar-refractivity contribution >= 4 is 38.2 Å². The number of hydrogen-bond acceptors (Lipinski definition) is 4. The lowest BCUT2D eigenvalue weighted by atomic mass is 10.2. The van der Waals surface area contributed by atoms with Gasteiger partial charge >= 0.3 is 0 Å². The number of H-pyrrole nitrogens is 1. The molecule has 130 valence electrons. The SMILES string of the molecule is O=S(=O)(c1ccccc1Cl)N1CCN(c2cccc3[nH]ncc23)CC1. The average Bonchev–Trinajstić information content (AvgIpc) is 3.11. The van der Waals surface area contributed by atoms with Crippen LogP contribution in [0.15, 0.2) is 53.6 Å². The Kier molecular flexibility index (Phi) is 4.15. The lowest BCUT2D eigenvalue weighted by molar-refractivity contribution is 0.385. The average molecular weight is 377 g/mol. The maximum atomic E-state index is 12.8. The van der Waals surface area contributed by atoms with Crippen LogP contribution in [-0.2, 0) is 10.0 Å². The lowest BCUT2D eigenvalue weighted by Crippen LogP contribution is -2.48. The molecule has 0 saturated carbocycles. The number of rotatable bonds is 3. The smallest absolute Gasteiger partial charge is 0.244 e. The van der Waals surface area contributed by atoms with Crippen LogP contribution >= 0.6 is 11.6 Å². The minimum absolute atomic E-state index is 0.169. The third-order valence-corrected chi connectivity index (χ3v) is 6.89. The molecule has 1 aliphatic rings. The highest BCUT2D eigenvalue weighted by Crippen LogP contribution is 2.29. The van der Waals surface area contributed by atoms with Gasteiger partial charge in [0.25, 0.3) is 0 Å². The first-order valence-corrected chi connectivity index (χ1v) is 9.81. The van der Waals surface area contributed by atoms with Crippen molar-refractivity contribution < 1.29 is 8.42 Å². The third kappa shape index (κ3) is 2.88. The molecule has 1 fully saturated rings. The Bertz CT molecular complexity index is 1010. The molecule has 2 heterocycles. The zero-order valence-electron chi connectivity index (χ0n) is 13.4. The van der Waals surface area contributed by atoms with Gasteiger partial charge in [0.05, 0.1) is 16.7 Å². The molecule has 0 aliphatic carbocycles. The molecule has 0 unspecified atom stereocenters. The van der Waals surface area contributed by atoms with E-state index >= 15 is 0 Å².